The summed E-state index contributed by atoms with van der Waals surface area (Å²) in [6.45, 7) is 3.72. The van der Waals surface area contributed by atoms with E-state index >= 15 is 0 Å². The van der Waals surface area contributed by atoms with E-state index in [9.17, 15) is 0 Å². The molecule has 2 nitrogen and oxygen atoms in total. The van der Waals surface area contributed by atoms with E-state index in [4.69, 9.17) is 9.47 Å². The lowest BCUT2D eigenvalue weighted by molar-refractivity contribution is -0.0764. The number of rotatable bonds is 4. The molecule has 14 heavy (non-hydrogen) atoms. The molecule has 0 aromatic carbocycles. The van der Waals surface area contributed by atoms with Crippen LogP contribution in [0.3, 0.4) is 0 Å². The highest BCUT2D eigenvalue weighted by molar-refractivity contribution is 5.09. The second-order valence-electron chi connectivity index (χ2n) is 4.98. The Hall–Kier alpha value is -0.340. The summed E-state index contributed by atoms with van der Waals surface area (Å²) in [6, 6.07) is 0. The normalized spacial score (nSPS) is 40.4. The van der Waals surface area contributed by atoms with Crippen molar-refractivity contribution in [1.82, 2.24) is 0 Å². The molecule has 3 rings (SSSR count). The van der Waals surface area contributed by atoms with E-state index in [2.05, 4.69) is 12.2 Å². The zero-order valence-electron chi connectivity index (χ0n) is 8.52. The van der Waals surface area contributed by atoms with Gasteiger partial charge in [0.15, 0.2) is 0 Å². The number of hydrogen-bond donors (Lipinski definition) is 0. The summed E-state index contributed by atoms with van der Waals surface area (Å²) in [4.78, 5) is 0. The molecule has 1 saturated carbocycles. The van der Waals surface area contributed by atoms with Gasteiger partial charge in [0.2, 0.25) is 0 Å². The fourth-order valence-corrected chi connectivity index (χ4v) is 2.85. The molecule has 2 fully saturated rings. The third kappa shape index (κ3) is 1.61. The minimum Gasteiger partial charge on any atom is -0.381 e. The molecule has 0 amide bonds. The Morgan fingerprint density at radius 3 is 2.64 bits per heavy atom. The second-order valence-corrected chi connectivity index (χ2v) is 4.98. The van der Waals surface area contributed by atoms with Gasteiger partial charge in [0, 0.05) is 12.5 Å². The minimum atomic E-state index is 0.684. The van der Waals surface area contributed by atoms with Gasteiger partial charge in [-0.15, -0.1) is 0 Å². The molecular weight excluding hydrogens is 176 g/mol. The van der Waals surface area contributed by atoms with Crippen molar-refractivity contribution >= 4 is 0 Å². The lowest BCUT2D eigenvalue weighted by atomic mass is 9.94. The van der Waals surface area contributed by atoms with Crippen LogP contribution in [0.4, 0.5) is 0 Å². The molecule has 0 spiro atoms. The summed E-state index contributed by atoms with van der Waals surface area (Å²) < 4.78 is 10.9. The Bertz CT molecular complexity index is 232. The molecule has 0 radical (unpaired) electrons. The van der Waals surface area contributed by atoms with E-state index in [0.717, 1.165) is 44.2 Å². The SMILES string of the molecule is C1=CC2CC1CC2COCC1COC1. The monoisotopic (exact) mass is 194 g/mol. The topological polar surface area (TPSA) is 18.5 Å². The number of allylic oxidation sites excluding steroid dienone is 2. The van der Waals surface area contributed by atoms with Crippen molar-refractivity contribution in [2.75, 3.05) is 26.4 Å². The first-order valence-electron chi connectivity index (χ1n) is 5.75. The molecule has 1 heterocycles. The van der Waals surface area contributed by atoms with Crippen molar-refractivity contribution in [3.8, 4) is 0 Å². The molecule has 78 valence electrons. The van der Waals surface area contributed by atoms with Crippen LogP contribution in [0.1, 0.15) is 12.8 Å². The van der Waals surface area contributed by atoms with Gasteiger partial charge in [0.25, 0.3) is 0 Å². The Morgan fingerprint density at radius 2 is 2.07 bits per heavy atom. The molecule has 1 aliphatic heterocycles. The highest BCUT2D eigenvalue weighted by Crippen LogP contribution is 2.43. The van der Waals surface area contributed by atoms with Crippen LogP contribution in [-0.2, 0) is 9.47 Å². The third-order valence-corrected chi connectivity index (χ3v) is 3.81. The fraction of sp³-hybridized carbons (Fsp3) is 0.833. The van der Waals surface area contributed by atoms with Crippen LogP contribution in [0, 0.1) is 23.7 Å². The van der Waals surface area contributed by atoms with Gasteiger partial charge in [0.05, 0.1) is 19.8 Å². The average Bonchev–Trinajstić information content (AvgIpc) is 2.70. The van der Waals surface area contributed by atoms with Crippen LogP contribution in [0.5, 0.6) is 0 Å². The predicted octanol–water partition coefficient (Wildman–Crippen LogP) is 1.86. The first-order valence-corrected chi connectivity index (χ1v) is 5.75. The van der Waals surface area contributed by atoms with Crippen LogP contribution in [0.25, 0.3) is 0 Å². The lowest BCUT2D eigenvalue weighted by Gasteiger charge is -2.27. The summed E-state index contributed by atoms with van der Waals surface area (Å²) in [5, 5.41) is 0. The number of hydrogen-bond acceptors (Lipinski definition) is 2. The average molecular weight is 194 g/mol. The summed E-state index contributed by atoms with van der Waals surface area (Å²) in [5.41, 5.74) is 0. The van der Waals surface area contributed by atoms with Gasteiger partial charge in [-0.1, -0.05) is 12.2 Å². The quantitative estimate of drug-likeness (QED) is 0.636. The van der Waals surface area contributed by atoms with Crippen LogP contribution < -0.4 is 0 Å². The van der Waals surface area contributed by atoms with Crippen molar-refractivity contribution in [2.24, 2.45) is 23.7 Å². The van der Waals surface area contributed by atoms with Crippen molar-refractivity contribution in [3.63, 3.8) is 0 Å². The van der Waals surface area contributed by atoms with Crippen LogP contribution >= 0.6 is 0 Å². The maximum Gasteiger partial charge on any atom is 0.0538 e. The Kier molecular flexibility index (Phi) is 2.34. The van der Waals surface area contributed by atoms with Crippen molar-refractivity contribution < 1.29 is 9.47 Å². The molecule has 3 aliphatic rings. The number of ether oxygens (including phenoxy) is 2. The maximum absolute atomic E-state index is 5.76. The van der Waals surface area contributed by atoms with E-state index in [1.165, 1.54) is 12.8 Å². The molecule has 0 N–H and O–H groups in total. The first kappa shape index (κ1) is 8.93. The van der Waals surface area contributed by atoms with Gasteiger partial charge in [-0.25, -0.2) is 0 Å². The standard InChI is InChI=1S/C12H18O2/c1-2-11-3-9(1)4-12(11)8-14-7-10-5-13-6-10/h1-2,9-12H,3-8H2. The van der Waals surface area contributed by atoms with E-state index in [0.29, 0.717) is 5.92 Å². The summed E-state index contributed by atoms with van der Waals surface area (Å²) in [7, 11) is 0. The highest BCUT2D eigenvalue weighted by atomic mass is 16.5. The molecule has 0 aromatic heterocycles. The van der Waals surface area contributed by atoms with E-state index < -0.39 is 0 Å². The van der Waals surface area contributed by atoms with Gasteiger partial charge in [-0.3, -0.25) is 0 Å². The molecule has 2 bridgehead atoms. The zero-order valence-corrected chi connectivity index (χ0v) is 8.52. The van der Waals surface area contributed by atoms with Crippen molar-refractivity contribution in [3.05, 3.63) is 12.2 Å². The third-order valence-electron chi connectivity index (χ3n) is 3.81. The Labute approximate surface area is 85.3 Å². The molecule has 3 unspecified atom stereocenters. The summed E-state index contributed by atoms with van der Waals surface area (Å²) in [5.74, 6) is 3.20. The highest BCUT2D eigenvalue weighted by Gasteiger charge is 2.35. The zero-order chi connectivity index (χ0) is 9.38. The van der Waals surface area contributed by atoms with Gasteiger partial charge < -0.3 is 9.47 Å². The fourth-order valence-electron chi connectivity index (χ4n) is 2.85. The summed E-state index contributed by atoms with van der Waals surface area (Å²) >= 11 is 0. The minimum absolute atomic E-state index is 0.684. The van der Waals surface area contributed by atoms with Crippen molar-refractivity contribution in [2.45, 2.75) is 12.8 Å². The van der Waals surface area contributed by atoms with E-state index in [1.54, 1.807) is 0 Å². The number of fused-ring (bicyclic) bond motifs is 2. The molecular formula is C12H18O2. The van der Waals surface area contributed by atoms with Crippen LogP contribution in [0.2, 0.25) is 0 Å². The maximum atomic E-state index is 5.76. The first-order chi connectivity index (χ1) is 6.92. The van der Waals surface area contributed by atoms with Gasteiger partial charge in [0.1, 0.15) is 0 Å². The molecule has 1 saturated heterocycles. The predicted molar refractivity (Wildman–Crippen MR) is 54.0 cm³/mol. The van der Waals surface area contributed by atoms with Crippen molar-refractivity contribution in [1.29, 1.82) is 0 Å². The Balaban J connectivity index is 1.38. The van der Waals surface area contributed by atoms with Crippen LogP contribution in [0.15, 0.2) is 12.2 Å². The lowest BCUT2D eigenvalue weighted by Crippen LogP contribution is -2.32. The second kappa shape index (κ2) is 3.67. The van der Waals surface area contributed by atoms with Gasteiger partial charge in [-0.2, -0.15) is 0 Å². The molecule has 3 atom stereocenters. The van der Waals surface area contributed by atoms with Gasteiger partial charge in [-0.05, 0) is 30.6 Å². The van der Waals surface area contributed by atoms with Gasteiger partial charge >= 0.3 is 0 Å². The smallest absolute Gasteiger partial charge is 0.0538 e. The van der Waals surface area contributed by atoms with Crippen LogP contribution in [-0.4, -0.2) is 26.4 Å². The molecule has 2 aliphatic carbocycles. The van der Waals surface area contributed by atoms with E-state index in [-0.39, 0.29) is 0 Å². The van der Waals surface area contributed by atoms with E-state index in [1.807, 2.05) is 0 Å². The molecule has 2 heteroatoms. The largest absolute Gasteiger partial charge is 0.381 e. The molecule has 0 aromatic rings. The Morgan fingerprint density at radius 1 is 1.14 bits per heavy atom. The summed E-state index contributed by atoms with van der Waals surface area (Å²) in [6.07, 6.45) is 7.54.